The molecule has 2 rings (SSSR count). The first-order valence-corrected chi connectivity index (χ1v) is 6.02. The highest BCUT2D eigenvalue weighted by Gasteiger charge is 2.48. The summed E-state index contributed by atoms with van der Waals surface area (Å²) in [5.41, 5.74) is -0.929. The van der Waals surface area contributed by atoms with Gasteiger partial charge in [-0.05, 0) is 13.8 Å². The monoisotopic (exact) mass is 295 g/mol. The highest BCUT2D eigenvalue weighted by Crippen LogP contribution is 2.32. The fourth-order valence-electron chi connectivity index (χ4n) is 1.98. The summed E-state index contributed by atoms with van der Waals surface area (Å²) in [5, 5.41) is 0.337. The predicted octanol–water partition coefficient (Wildman–Crippen LogP) is 2.68. The number of anilines is 1. The van der Waals surface area contributed by atoms with Crippen LogP contribution in [0.3, 0.4) is 0 Å². The molecule has 4 nitrogen and oxygen atoms in total. The third-order valence-corrected chi connectivity index (χ3v) is 2.87. The van der Waals surface area contributed by atoms with Crippen LogP contribution in [-0.2, 0) is 4.74 Å². The lowest BCUT2D eigenvalue weighted by atomic mass is 10.1. The van der Waals surface area contributed by atoms with Crippen molar-refractivity contribution in [3.05, 3.63) is 17.4 Å². The van der Waals surface area contributed by atoms with E-state index in [-0.39, 0.29) is 19.0 Å². The maximum atomic E-state index is 12.8. The summed E-state index contributed by atoms with van der Waals surface area (Å²) in [6.07, 6.45) is -3.55. The SMILES string of the molecule is CC1(C)CN(c2ncc(Cl)cn2)CC(C(F)(F)F)O1. The second-order valence-corrected chi connectivity index (χ2v) is 5.43. The smallest absolute Gasteiger partial charge is 0.359 e. The van der Waals surface area contributed by atoms with Crippen LogP contribution in [0.15, 0.2) is 12.4 Å². The van der Waals surface area contributed by atoms with Crippen molar-refractivity contribution >= 4 is 17.5 Å². The van der Waals surface area contributed by atoms with E-state index in [0.29, 0.717) is 5.02 Å². The van der Waals surface area contributed by atoms with Crippen LogP contribution in [-0.4, -0.2) is 40.9 Å². The van der Waals surface area contributed by atoms with E-state index in [4.69, 9.17) is 16.3 Å². The number of ether oxygens (including phenoxy) is 1. The van der Waals surface area contributed by atoms with Crippen molar-refractivity contribution in [1.29, 1.82) is 0 Å². The summed E-state index contributed by atoms with van der Waals surface area (Å²) in [6.45, 7) is 3.16. The molecule has 0 N–H and O–H groups in total. The van der Waals surface area contributed by atoms with E-state index >= 15 is 0 Å². The Labute approximate surface area is 113 Å². The average molecular weight is 296 g/mol. The van der Waals surface area contributed by atoms with Crippen molar-refractivity contribution < 1.29 is 17.9 Å². The highest BCUT2D eigenvalue weighted by atomic mass is 35.5. The zero-order valence-corrected chi connectivity index (χ0v) is 11.2. The molecular weight excluding hydrogens is 283 g/mol. The van der Waals surface area contributed by atoms with Gasteiger partial charge in [0.15, 0.2) is 6.10 Å². The Kier molecular flexibility index (Phi) is 3.61. The second kappa shape index (κ2) is 4.79. The van der Waals surface area contributed by atoms with E-state index in [9.17, 15) is 13.2 Å². The number of halogens is 4. The van der Waals surface area contributed by atoms with Gasteiger partial charge in [0, 0.05) is 6.54 Å². The summed E-state index contributed by atoms with van der Waals surface area (Å²) in [6, 6.07) is 0. The zero-order chi connectivity index (χ0) is 14.3. The average Bonchev–Trinajstić information content (AvgIpc) is 2.26. The molecule has 0 bridgehead atoms. The Morgan fingerprint density at radius 2 is 1.95 bits per heavy atom. The summed E-state index contributed by atoms with van der Waals surface area (Å²) in [7, 11) is 0. The molecule has 1 atom stereocenters. The molecule has 1 fully saturated rings. The van der Waals surface area contributed by atoms with Gasteiger partial charge in [0.1, 0.15) is 0 Å². The Balaban J connectivity index is 2.23. The Morgan fingerprint density at radius 3 is 2.47 bits per heavy atom. The Morgan fingerprint density at radius 1 is 1.37 bits per heavy atom. The van der Waals surface area contributed by atoms with Crippen molar-refractivity contribution in [1.82, 2.24) is 9.97 Å². The van der Waals surface area contributed by atoms with Crippen molar-refractivity contribution in [3.63, 3.8) is 0 Å². The lowest BCUT2D eigenvalue weighted by Crippen LogP contribution is -2.57. The minimum Gasteiger partial charge on any atom is -0.359 e. The van der Waals surface area contributed by atoms with Gasteiger partial charge in [-0.2, -0.15) is 13.2 Å². The largest absolute Gasteiger partial charge is 0.416 e. The first-order chi connectivity index (χ1) is 8.67. The van der Waals surface area contributed by atoms with Crippen LogP contribution in [0, 0.1) is 0 Å². The molecule has 1 saturated heterocycles. The van der Waals surface area contributed by atoms with Crippen LogP contribution in [0.2, 0.25) is 5.02 Å². The summed E-state index contributed by atoms with van der Waals surface area (Å²) in [5.74, 6) is 0.218. The number of aromatic nitrogens is 2. The molecule has 0 aromatic carbocycles. The van der Waals surface area contributed by atoms with Crippen LogP contribution in [0.4, 0.5) is 19.1 Å². The second-order valence-electron chi connectivity index (χ2n) is 4.99. The molecule has 0 saturated carbocycles. The van der Waals surface area contributed by atoms with Crippen molar-refractivity contribution in [2.45, 2.75) is 31.7 Å². The quantitative estimate of drug-likeness (QED) is 0.798. The highest BCUT2D eigenvalue weighted by molar-refractivity contribution is 6.30. The van der Waals surface area contributed by atoms with Crippen molar-refractivity contribution in [3.8, 4) is 0 Å². The Hall–Kier alpha value is -1.08. The van der Waals surface area contributed by atoms with E-state index in [1.165, 1.54) is 17.3 Å². The number of hydrogen-bond donors (Lipinski definition) is 0. The standard InChI is InChI=1S/C11H13ClF3N3O/c1-10(2)6-18(5-8(19-10)11(13,14)15)9-16-3-7(12)4-17-9/h3-4,8H,5-6H2,1-2H3. The van der Waals surface area contributed by atoms with Gasteiger partial charge in [-0.15, -0.1) is 0 Å². The van der Waals surface area contributed by atoms with E-state index in [1.807, 2.05) is 0 Å². The molecule has 1 unspecified atom stereocenters. The topological polar surface area (TPSA) is 38.2 Å². The third kappa shape index (κ3) is 3.48. The van der Waals surface area contributed by atoms with E-state index < -0.39 is 17.9 Å². The molecule has 19 heavy (non-hydrogen) atoms. The molecule has 2 heterocycles. The molecule has 0 spiro atoms. The van der Waals surface area contributed by atoms with Crippen molar-refractivity contribution in [2.75, 3.05) is 18.0 Å². The number of rotatable bonds is 1. The van der Waals surface area contributed by atoms with Gasteiger partial charge < -0.3 is 9.64 Å². The number of alkyl halides is 3. The molecule has 1 aromatic rings. The van der Waals surface area contributed by atoms with Crippen LogP contribution in [0.25, 0.3) is 0 Å². The molecule has 106 valence electrons. The number of morpholine rings is 1. The van der Waals surface area contributed by atoms with Crippen LogP contribution >= 0.6 is 11.6 Å². The van der Waals surface area contributed by atoms with Crippen LogP contribution < -0.4 is 4.90 Å². The third-order valence-electron chi connectivity index (χ3n) is 2.67. The molecule has 0 aliphatic carbocycles. The summed E-state index contributed by atoms with van der Waals surface area (Å²) in [4.78, 5) is 9.34. The van der Waals surface area contributed by atoms with Crippen LogP contribution in [0.1, 0.15) is 13.8 Å². The molecule has 1 aliphatic heterocycles. The predicted molar refractivity (Wildman–Crippen MR) is 64.3 cm³/mol. The number of nitrogens with zero attached hydrogens (tertiary/aromatic N) is 3. The van der Waals surface area contributed by atoms with Gasteiger partial charge in [0.2, 0.25) is 5.95 Å². The van der Waals surface area contributed by atoms with E-state index in [2.05, 4.69) is 9.97 Å². The first kappa shape index (κ1) is 14.3. The molecule has 1 aliphatic rings. The molecule has 0 radical (unpaired) electrons. The maximum absolute atomic E-state index is 12.8. The number of hydrogen-bond acceptors (Lipinski definition) is 4. The molecule has 1 aromatic heterocycles. The molecular formula is C11H13ClF3N3O. The lowest BCUT2D eigenvalue weighted by molar-refractivity contribution is -0.251. The normalized spacial score (nSPS) is 23.5. The van der Waals surface area contributed by atoms with Gasteiger partial charge in [0.05, 0.1) is 29.6 Å². The van der Waals surface area contributed by atoms with Gasteiger partial charge in [0.25, 0.3) is 0 Å². The van der Waals surface area contributed by atoms with Crippen molar-refractivity contribution in [2.24, 2.45) is 0 Å². The Bertz CT molecular complexity index is 449. The lowest BCUT2D eigenvalue weighted by Gasteiger charge is -2.43. The fraction of sp³-hybridized carbons (Fsp3) is 0.636. The minimum absolute atomic E-state index is 0.218. The first-order valence-electron chi connectivity index (χ1n) is 5.64. The van der Waals surface area contributed by atoms with Gasteiger partial charge >= 0.3 is 6.18 Å². The summed E-state index contributed by atoms with van der Waals surface area (Å²) < 4.78 is 43.5. The molecule has 8 heteroatoms. The zero-order valence-electron chi connectivity index (χ0n) is 10.4. The van der Waals surface area contributed by atoms with Gasteiger partial charge in [-0.1, -0.05) is 11.6 Å². The van der Waals surface area contributed by atoms with E-state index in [0.717, 1.165) is 0 Å². The fourth-order valence-corrected chi connectivity index (χ4v) is 2.07. The van der Waals surface area contributed by atoms with Crippen LogP contribution in [0.5, 0.6) is 0 Å². The molecule has 0 amide bonds. The maximum Gasteiger partial charge on any atom is 0.416 e. The summed E-state index contributed by atoms with van der Waals surface area (Å²) >= 11 is 5.66. The van der Waals surface area contributed by atoms with Gasteiger partial charge in [-0.25, -0.2) is 9.97 Å². The van der Waals surface area contributed by atoms with E-state index in [1.54, 1.807) is 13.8 Å². The minimum atomic E-state index is -4.41. The van der Waals surface area contributed by atoms with Gasteiger partial charge in [-0.3, -0.25) is 0 Å².